The standard InChI is InChI=1S/C17H15ClN4O2/c1-9(2)22-16(23)7-14(17(22)24)21-15-5-10(8-19)12-6-11(18)3-4-13(12)20-15/h3-6,9,14H,7H2,1-2H3,(H,20,21). The number of hydrogen-bond donors (Lipinski definition) is 1. The first-order valence-electron chi connectivity index (χ1n) is 7.53. The molecule has 1 atom stereocenters. The van der Waals surface area contributed by atoms with Crippen LogP contribution in [-0.4, -0.2) is 33.8 Å². The van der Waals surface area contributed by atoms with Gasteiger partial charge in [-0.05, 0) is 38.1 Å². The Morgan fingerprint density at radius 3 is 2.75 bits per heavy atom. The average molecular weight is 343 g/mol. The number of benzene rings is 1. The van der Waals surface area contributed by atoms with Crippen LogP contribution in [-0.2, 0) is 9.59 Å². The zero-order valence-electron chi connectivity index (χ0n) is 13.2. The molecule has 1 aromatic carbocycles. The van der Waals surface area contributed by atoms with Gasteiger partial charge in [0.15, 0.2) is 0 Å². The molecule has 1 aromatic heterocycles. The van der Waals surface area contributed by atoms with Gasteiger partial charge in [0, 0.05) is 16.5 Å². The number of carbonyl (C=O) groups is 2. The zero-order valence-corrected chi connectivity index (χ0v) is 14.0. The van der Waals surface area contributed by atoms with E-state index in [1.807, 2.05) is 0 Å². The minimum atomic E-state index is -0.663. The molecule has 1 aliphatic rings. The van der Waals surface area contributed by atoms with Crippen LogP contribution >= 0.6 is 11.6 Å². The first kappa shape index (κ1) is 16.2. The molecule has 6 nitrogen and oxygen atoms in total. The number of imide groups is 1. The van der Waals surface area contributed by atoms with E-state index in [9.17, 15) is 14.9 Å². The van der Waals surface area contributed by atoms with Gasteiger partial charge in [0.25, 0.3) is 5.91 Å². The maximum atomic E-state index is 12.4. The van der Waals surface area contributed by atoms with Crippen molar-refractivity contribution in [1.82, 2.24) is 9.88 Å². The maximum absolute atomic E-state index is 12.4. The summed E-state index contributed by atoms with van der Waals surface area (Å²) in [5.41, 5.74) is 1.00. The van der Waals surface area contributed by atoms with Gasteiger partial charge in [-0.15, -0.1) is 0 Å². The number of anilines is 1. The number of aromatic nitrogens is 1. The van der Waals surface area contributed by atoms with Crippen LogP contribution in [0, 0.1) is 11.3 Å². The number of fused-ring (bicyclic) bond motifs is 1. The molecule has 1 aliphatic heterocycles. The van der Waals surface area contributed by atoms with Crippen LogP contribution in [0.25, 0.3) is 10.9 Å². The van der Waals surface area contributed by atoms with E-state index < -0.39 is 6.04 Å². The summed E-state index contributed by atoms with van der Waals surface area (Å²) in [7, 11) is 0. The largest absolute Gasteiger partial charge is 0.358 e. The fourth-order valence-electron chi connectivity index (χ4n) is 2.85. The molecule has 0 spiro atoms. The lowest BCUT2D eigenvalue weighted by Crippen LogP contribution is -2.39. The molecule has 1 unspecified atom stereocenters. The van der Waals surface area contributed by atoms with Crippen molar-refractivity contribution in [1.29, 1.82) is 5.26 Å². The van der Waals surface area contributed by atoms with E-state index in [2.05, 4.69) is 16.4 Å². The van der Waals surface area contributed by atoms with Crippen molar-refractivity contribution in [3.8, 4) is 6.07 Å². The molecule has 2 aromatic rings. The SMILES string of the molecule is CC(C)N1C(=O)CC(Nc2cc(C#N)c3cc(Cl)ccc3n2)C1=O. The molecule has 0 saturated carbocycles. The monoisotopic (exact) mass is 342 g/mol. The molecular formula is C17H15ClN4O2. The summed E-state index contributed by atoms with van der Waals surface area (Å²) in [6.07, 6.45) is 0.0826. The van der Waals surface area contributed by atoms with Crippen LogP contribution < -0.4 is 5.32 Å². The summed E-state index contributed by atoms with van der Waals surface area (Å²) in [5, 5.41) is 13.5. The number of pyridine rings is 1. The molecule has 1 saturated heterocycles. The normalized spacial score (nSPS) is 17.6. The van der Waals surface area contributed by atoms with Gasteiger partial charge >= 0.3 is 0 Å². The van der Waals surface area contributed by atoms with Crippen molar-refractivity contribution >= 4 is 40.1 Å². The second kappa shape index (κ2) is 6.10. The smallest absolute Gasteiger partial charge is 0.252 e. The molecule has 0 bridgehead atoms. The lowest BCUT2D eigenvalue weighted by Gasteiger charge is -2.19. The van der Waals surface area contributed by atoms with Crippen molar-refractivity contribution in [3.63, 3.8) is 0 Å². The Balaban J connectivity index is 1.94. The topological polar surface area (TPSA) is 86.1 Å². The van der Waals surface area contributed by atoms with Gasteiger partial charge in [-0.3, -0.25) is 14.5 Å². The highest BCUT2D eigenvalue weighted by Gasteiger charge is 2.40. The number of hydrogen-bond acceptors (Lipinski definition) is 5. The van der Waals surface area contributed by atoms with E-state index in [-0.39, 0.29) is 24.3 Å². The van der Waals surface area contributed by atoms with Crippen LogP contribution in [0.2, 0.25) is 5.02 Å². The van der Waals surface area contributed by atoms with Crippen molar-refractivity contribution in [3.05, 3.63) is 34.9 Å². The fraction of sp³-hybridized carbons (Fsp3) is 0.294. The molecule has 3 rings (SSSR count). The molecule has 0 radical (unpaired) electrons. The summed E-state index contributed by atoms with van der Waals surface area (Å²) in [4.78, 5) is 30.0. The van der Waals surface area contributed by atoms with E-state index >= 15 is 0 Å². The Bertz CT molecular complexity index is 888. The van der Waals surface area contributed by atoms with Crippen molar-refractivity contribution in [2.24, 2.45) is 0 Å². The van der Waals surface area contributed by atoms with E-state index in [1.54, 1.807) is 38.1 Å². The van der Waals surface area contributed by atoms with Crippen LogP contribution in [0.5, 0.6) is 0 Å². The van der Waals surface area contributed by atoms with Gasteiger partial charge in [0.2, 0.25) is 5.91 Å². The van der Waals surface area contributed by atoms with E-state index in [0.717, 1.165) is 0 Å². The molecule has 122 valence electrons. The molecule has 7 heteroatoms. The Kier molecular flexibility index (Phi) is 4.12. The van der Waals surface area contributed by atoms with Crippen LogP contribution in [0.1, 0.15) is 25.8 Å². The molecular weight excluding hydrogens is 328 g/mol. The van der Waals surface area contributed by atoms with Gasteiger partial charge in [0.1, 0.15) is 11.9 Å². The highest BCUT2D eigenvalue weighted by Crippen LogP contribution is 2.25. The lowest BCUT2D eigenvalue weighted by atomic mass is 10.1. The number of carbonyl (C=O) groups excluding carboxylic acids is 2. The first-order chi connectivity index (χ1) is 11.4. The Labute approximate surface area is 144 Å². The second-order valence-electron chi connectivity index (χ2n) is 5.93. The van der Waals surface area contributed by atoms with Crippen molar-refractivity contribution in [2.75, 3.05) is 5.32 Å². The number of nitrogens with one attached hydrogen (secondary N) is 1. The van der Waals surface area contributed by atoms with Gasteiger partial charge in [0.05, 0.1) is 23.6 Å². The van der Waals surface area contributed by atoms with E-state index in [4.69, 9.17) is 11.6 Å². The van der Waals surface area contributed by atoms with Gasteiger partial charge < -0.3 is 5.32 Å². The molecule has 1 fully saturated rings. The zero-order chi connectivity index (χ0) is 17.4. The molecule has 2 heterocycles. The second-order valence-corrected chi connectivity index (χ2v) is 6.36. The van der Waals surface area contributed by atoms with Gasteiger partial charge in [-0.25, -0.2) is 4.98 Å². The van der Waals surface area contributed by atoms with E-state index in [0.29, 0.717) is 27.3 Å². The summed E-state index contributed by atoms with van der Waals surface area (Å²) in [6, 6.07) is 7.91. The summed E-state index contributed by atoms with van der Waals surface area (Å²) in [6.45, 7) is 3.59. The lowest BCUT2D eigenvalue weighted by molar-refractivity contribution is -0.140. The van der Waals surface area contributed by atoms with Crippen LogP contribution in [0.15, 0.2) is 24.3 Å². The third-order valence-corrected chi connectivity index (χ3v) is 4.15. The number of nitriles is 1. The predicted molar refractivity (Wildman–Crippen MR) is 90.5 cm³/mol. The average Bonchev–Trinajstić information content (AvgIpc) is 2.80. The Hall–Kier alpha value is -2.65. The highest BCUT2D eigenvalue weighted by atomic mass is 35.5. The number of halogens is 1. The van der Waals surface area contributed by atoms with Crippen molar-refractivity contribution < 1.29 is 9.59 Å². The molecule has 24 heavy (non-hydrogen) atoms. The Morgan fingerprint density at radius 2 is 2.12 bits per heavy atom. The summed E-state index contributed by atoms with van der Waals surface area (Å²) in [5.74, 6) is -0.0924. The number of amides is 2. The third-order valence-electron chi connectivity index (χ3n) is 3.91. The number of likely N-dealkylation sites (tertiary alicyclic amines) is 1. The van der Waals surface area contributed by atoms with Crippen molar-refractivity contribution in [2.45, 2.75) is 32.4 Å². The number of nitrogens with zero attached hydrogens (tertiary/aromatic N) is 3. The maximum Gasteiger partial charge on any atom is 0.252 e. The summed E-state index contributed by atoms with van der Waals surface area (Å²) >= 11 is 5.97. The number of rotatable bonds is 3. The fourth-order valence-corrected chi connectivity index (χ4v) is 3.02. The third kappa shape index (κ3) is 2.79. The first-order valence-corrected chi connectivity index (χ1v) is 7.91. The van der Waals surface area contributed by atoms with Crippen LogP contribution in [0.3, 0.4) is 0 Å². The Morgan fingerprint density at radius 1 is 1.38 bits per heavy atom. The predicted octanol–water partition coefficient (Wildman–Crippen LogP) is 2.71. The van der Waals surface area contributed by atoms with Gasteiger partial charge in [-0.2, -0.15) is 5.26 Å². The molecule has 1 N–H and O–H groups in total. The minimum Gasteiger partial charge on any atom is -0.358 e. The minimum absolute atomic E-state index is 0.0826. The van der Waals surface area contributed by atoms with Crippen LogP contribution in [0.4, 0.5) is 5.82 Å². The molecule has 2 amide bonds. The highest BCUT2D eigenvalue weighted by molar-refractivity contribution is 6.31. The van der Waals surface area contributed by atoms with E-state index in [1.165, 1.54) is 4.90 Å². The molecule has 0 aliphatic carbocycles. The quantitative estimate of drug-likeness (QED) is 0.867. The summed E-state index contributed by atoms with van der Waals surface area (Å²) < 4.78 is 0. The van der Waals surface area contributed by atoms with Gasteiger partial charge in [-0.1, -0.05) is 11.6 Å².